The second-order valence-electron chi connectivity index (χ2n) is 8.52. The Morgan fingerprint density at radius 2 is 1.48 bits per heavy atom. The standard InChI is InChI=1S/C29H27NO/c1-18-13-23(30)14-19(2)26(18)15-20-11-12-28(31-3)27(16-20)25-10-6-8-22-17-21-7-4-5-9-24(21)29(22)25/h4-14,16H,15,17,30H2,1-3H3. The van der Waals surface area contributed by atoms with Crippen LogP contribution in [0.4, 0.5) is 5.69 Å². The molecule has 0 fully saturated rings. The number of hydrogen-bond acceptors (Lipinski definition) is 2. The summed E-state index contributed by atoms with van der Waals surface area (Å²) in [6.45, 7) is 4.29. The number of fused-ring (bicyclic) bond motifs is 3. The second kappa shape index (κ2) is 7.63. The highest BCUT2D eigenvalue weighted by molar-refractivity contribution is 5.92. The Labute approximate surface area is 184 Å². The molecule has 4 aromatic rings. The second-order valence-corrected chi connectivity index (χ2v) is 8.52. The molecule has 0 unspecified atom stereocenters. The third-order valence-corrected chi connectivity index (χ3v) is 6.47. The van der Waals surface area contributed by atoms with E-state index in [4.69, 9.17) is 10.5 Å². The van der Waals surface area contributed by atoms with Gasteiger partial charge in [0.25, 0.3) is 0 Å². The third kappa shape index (κ3) is 3.38. The highest BCUT2D eigenvalue weighted by Gasteiger charge is 2.23. The maximum Gasteiger partial charge on any atom is 0.126 e. The van der Waals surface area contributed by atoms with Crippen molar-refractivity contribution < 1.29 is 4.74 Å². The monoisotopic (exact) mass is 405 g/mol. The molecule has 0 aromatic heterocycles. The summed E-state index contributed by atoms with van der Waals surface area (Å²) in [4.78, 5) is 0. The summed E-state index contributed by atoms with van der Waals surface area (Å²) < 4.78 is 5.80. The van der Waals surface area contributed by atoms with Crippen LogP contribution in [0.25, 0.3) is 22.3 Å². The van der Waals surface area contributed by atoms with E-state index in [0.29, 0.717) is 0 Å². The zero-order chi connectivity index (χ0) is 21.5. The van der Waals surface area contributed by atoms with Crippen LogP contribution >= 0.6 is 0 Å². The van der Waals surface area contributed by atoms with Gasteiger partial charge in [-0.05, 0) is 101 Å². The average molecular weight is 406 g/mol. The minimum absolute atomic E-state index is 0.827. The normalized spacial score (nSPS) is 11.8. The van der Waals surface area contributed by atoms with Crippen molar-refractivity contribution in [1.82, 2.24) is 0 Å². The Morgan fingerprint density at radius 1 is 0.774 bits per heavy atom. The lowest BCUT2D eigenvalue weighted by atomic mass is 9.90. The largest absolute Gasteiger partial charge is 0.496 e. The Hall–Kier alpha value is -3.52. The maximum atomic E-state index is 6.03. The van der Waals surface area contributed by atoms with Crippen molar-refractivity contribution in [2.24, 2.45) is 0 Å². The van der Waals surface area contributed by atoms with Gasteiger partial charge >= 0.3 is 0 Å². The highest BCUT2D eigenvalue weighted by Crippen LogP contribution is 2.45. The Balaban J connectivity index is 1.64. The van der Waals surface area contributed by atoms with E-state index in [9.17, 15) is 0 Å². The Morgan fingerprint density at radius 3 is 2.26 bits per heavy atom. The van der Waals surface area contributed by atoms with Crippen molar-refractivity contribution in [3.05, 3.63) is 106 Å². The molecule has 4 aromatic carbocycles. The summed E-state index contributed by atoms with van der Waals surface area (Å²) >= 11 is 0. The summed E-state index contributed by atoms with van der Waals surface area (Å²) in [5.41, 5.74) is 19.8. The molecule has 0 atom stereocenters. The fourth-order valence-electron chi connectivity index (χ4n) is 5.00. The summed E-state index contributed by atoms with van der Waals surface area (Å²) in [7, 11) is 1.75. The van der Waals surface area contributed by atoms with E-state index in [1.54, 1.807) is 7.11 Å². The molecule has 1 aliphatic carbocycles. The van der Waals surface area contributed by atoms with E-state index in [1.165, 1.54) is 50.1 Å². The highest BCUT2D eigenvalue weighted by atomic mass is 16.5. The summed E-state index contributed by atoms with van der Waals surface area (Å²) in [5.74, 6) is 0.910. The van der Waals surface area contributed by atoms with E-state index in [1.807, 2.05) is 0 Å². The van der Waals surface area contributed by atoms with Gasteiger partial charge in [-0.3, -0.25) is 0 Å². The molecule has 0 saturated carbocycles. The number of methoxy groups -OCH3 is 1. The van der Waals surface area contributed by atoms with E-state index in [2.05, 4.69) is 86.6 Å². The quantitative estimate of drug-likeness (QED) is 0.337. The lowest BCUT2D eigenvalue weighted by molar-refractivity contribution is 0.416. The van der Waals surface area contributed by atoms with Gasteiger partial charge in [0.2, 0.25) is 0 Å². The molecule has 0 aliphatic heterocycles. The fourth-order valence-corrected chi connectivity index (χ4v) is 5.00. The van der Waals surface area contributed by atoms with Crippen molar-refractivity contribution in [2.75, 3.05) is 12.8 Å². The minimum atomic E-state index is 0.827. The van der Waals surface area contributed by atoms with Crippen LogP contribution in [0, 0.1) is 13.8 Å². The topological polar surface area (TPSA) is 35.2 Å². The predicted octanol–water partition coefficient (Wildman–Crippen LogP) is 6.72. The van der Waals surface area contributed by atoms with Gasteiger partial charge in [0.15, 0.2) is 0 Å². The van der Waals surface area contributed by atoms with Crippen molar-refractivity contribution in [3.63, 3.8) is 0 Å². The SMILES string of the molecule is COc1ccc(Cc2c(C)cc(N)cc2C)cc1-c1cccc2c1-c1ccccc1C2. The van der Waals surface area contributed by atoms with Crippen LogP contribution in [0.5, 0.6) is 5.75 Å². The van der Waals surface area contributed by atoms with Crippen LogP contribution in [0.3, 0.4) is 0 Å². The van der Waals surface area contributed by atoms with Gasteiger partial charge in [0.1, 0.15) is 5.75 Å². The lowest BCUT2D eigenvalue weighted by Crippen LogP contribution is -1.99. The zero-order valence-electron chi connectivity index (χ0n) is 18.3. The number of anilines is 1. The molecule has 2 heteroatoms. The Bertz CT molecular complexity index is 1280. The van der Waals surface area contributed by atoms with Crippen LogP contribution in [0.2, 0.25) is 0 Å². The summed E-state index contributed by atoms with van der Waals surface area (Å²) in [6, 6.07) is 26.1. The first-order valence-electron chi connectivity index (χ1n) is 10.8. The van der Waals surface area contributed by atoms with Gasteiger partial charge in [0.05, 0.1) is 7.11 Å². The van der Waals surface area contributed by atoms with Gasteiger partial charge in [-0.1, -0.05) is 48.5 Å². The van der Waals surface area contributed by atoms with Crippen molar-refractivity contribution >= 4 is 5.69 Å². The van der Waals surface area contributed by atoms with Crippen molar-refractivity contribution in [3.8, 4) is 28.0 Å². The maximum absolute atomic E-state index is 6.03. The molecule has 0 heterocycles. The third-order valence-electron chi connectivity index (χ3n) is 6.47. The molecule has 0 saturated heterocycles. The van der Waals surface area contributed by atoms with E-state index < -0.39 is 0 Å². The average Bonchev–Trinajstić information content (AvgIpc) is 3.15. The molecule has 2 N–H and O–H groups in total. The van der Waals surface area contributed by atoms with Crippen molar-refractivity contribution in [1.29, 1.82) is 0 Å². The number of nitrogen functional groups attached to an aromatic ring is 1. The Kier molecular flexibility index (Phi) is 4.78. The molecule has 31 heavy (non-hydrogen) atoms. The van der Waals surface area contributed by atoms with Crippen molar-refractivity contribution in [2.45, 2.75) is 26.7 Å². The molecule has 0 spiro atoms. The molecule has 2 nitrogen and oxygen atoms in total. The van der Waals surface area contributed by atoms with Crippen LogP contribution < -0.4 is 10.5 Å². The van der Waals surface area contributed by atoms with Gasteiger partial charge in [-0.15, -0.1) is 0 Å². The number of ether oxygens (including phenoxy) is 1. The van der Waals surface area contributed by atoms with Gasteiger partial charge < -0.3 is 10.5 Å². The number of rotatable bonds is 4. The van der Waals surface area contributed by atoms with E-state index in [0.717, 1.165) is 29.8 Å². The molecule has 1 aliphatic rings. The molecule has 5 rings (SSSR count). The number of benzene rings is 4. The van der Waals surface area contributed by atoms with Gasteiger partial charge in [-0.25, -0.2) is 0 Å². The van der Waals surface area contributed by atoms with Crippen LogP contribution in [0.15, 0.2) is 72.8 Å². The number of aryl methyl sites for hydroxylation is 2. The molecule has 0 amide bonds. The van der Waals surface area contributed by atoms with Crippen LogP contribution in [0.1, 0.15) is 33.4 Å². The smallest absolute Gasteiger partial charge is 0.126 e. The molecule has 154 valence electrons. The number of nitrogens with two attached hydrogens (primary N) is 1. The molecular weight excluding hydrogens is 378 g/mol. The summed E-state index contributed by atoms with van der Waals surface area (Å²) in [6.07, 6.45) is 1.87. The molecular formula is C29H27NO. The first kappa shape index (κ1) is 19.4. The predicted molar refractivity (Wildman–Crippen MR) is 130 cm³/mol. The first-order valence-corrected chi connectivity index (χ1v) is 10.8. The molecule has 0 radical (unpaired) electrons. The fraction of sp³-hybridized carbons (Fsp3) is 0.172. The van der Waals surface area contributed by atoms with Gasteiger partial charge in [0, 0.05) is 11.3 Å². The van der Waals surface area contributed by atoms with Crippen LogP contribution in [-0.2, 0) is 12.8 Å². The first-order chi connectivity index (χ1) is 15.0. The lowest BCUT2D eigenvalue weighted by Gasteiger charge is -2.16. The minimum Gasteiger partial charge on any atom is -0.496 e. The summed E-state index contributed by atoms with van der Waals surface area (Å²) in [5, 5.41) is 0. The van der Waals surface area contributed by atoms with E-state index >= 15 is 0 Å². The zero-order valence-corrected chi connectivity index (χ0v) is 18.3. The van der Waals surface area contributed by atoms with Gasteiger partial charge in [-0.2, -0.15) is 0 Å². The van der Waals surface area contributed by atoms with E-state index in [-0.39, 0.29) is 0 Å². The van der Waals surface area contributed by atoms with Crippen LogP contribution in [-0.4, -0.2) is 7.11 Å². The number of hydrogen-bond donors (Lipinski definition) is 1. The molecule has 0 bridgehead atoms.